The Hall–Kier alpha value is -2.75. The van der Waals surface area contributed by atoms with E-state index in [1.807, 2.05) is 57.0 Å². The minimum absolute atomic E-state index is 0.0401. The summed E-state index contributed by atoms with van der Waals surface area (Å²) in [6.07, 6.45) is 1.19. The lowest BCUT2D eigenvalue weighted by atomic mass is 10.2. The van der Waals surface area contributed by atoms with Gasteiger partial charge in [-0.2, -0.15) is 4.98 Å². The molecular formula is C20H30N4O5. The van der Waals surface area contributed by atoms with Crippen LogP contribution in [0.2, 0.25) is 0 Å². The van der Waals surface area contributed by atoms with Gasteiger partial charge in [0.1, 0.15) is 17.9 Å². The van der Waals surface area contributed by atoms with Gasteiger partial charge in [0, 0.05) is 13.1 Å². The molecule has 1 heterocycles. The Morgan fingerprint density at radius 1 is 1.10 bits per heavy atom. The summed E-state index contributed by atoms with van der Waals surface area (Å²) in [5.74, 6) is -0.664. The van der Waals surface area contributed by atoms with E-state index in [9.17, 15) is 9.90 Å². The molecule has 9 heteroatoms. The first-order valence-corrected chi connectivity index (χ1v) is 9.11. The molecule has 0 atom stereocenters. The van der Waals surface area contributed by atoms with Crippen LogP contribution in [0.25, 0.3) is 0 Å². The van der Waals surface area contributed by atoms with E-state index in [1.165, 1.54) is 6.20 Å². The van der Waals surface area contributed by atoms with E-state index >= 15 is 0 Å². The van der Waals surface area contributed by atoms with Crippen LogP contribution in [0, 0.1) is 6.92 Å². The smallest absolute Gasteiger partial charge is 0.342 e. The van der Waals surface area contributed by atoms with Crippen molar-refractivity contribution in [1.29, 1.82) is 0 Å². The van der Waals surface area contributed by atoms with Gasteiger partial charge in [-0.15, -0.1) is 0 Å². The number of aliphatic hydroxyl groups is 1. The monoisotopic (exact) mass is 406 g/mol. The molecule has 29 heavy (non-hydrogen) atoms. The quantitative estimate of drug-likeness (QED) is 0.644. The maximum Gasteiger partial charge on any atom is 0.342 e. The van der Waals surface area contributed by atoms with Gasteiger partial charge >= 0.3 is 12.0 Å². The van der Waals surface area contributed by atoms with Crippen LogP contribution < -0.4 is 9.47 Å². The third-order valence-electron chi connectivity index (χ3n) is 3.58. The zero-order valence-corrected chi connectivity index (χ0v) is 17.6. The minimum atomic E-state index is -1.16. The van der Waals surface area contributed by atoms with Crippen LogP contribution >= 0.6 is 0 Å². The summed E-state index contributed by atoms with van der Waals surface area (Å²) in [6.45, 7) is 3.97. The van der Waals surface area contributed by atoms with Gasteiger partial charge in [0.15, 0.2) is 0 Å². The molecule has 160 valence electrons. The average molecular weight is 406 g/mol. The van der Waals surface area contributed by atoms with Crippen molar-refractivity contribution in [2.45, 2.75) is 6.92 Å². The zero-order valence-electron chi connectivity index (χ0n) is 17.6. The van der Waals surface area contributed by atoms with E-state index in [1.54, 1.807) is 12.1 Å². The molecule has 0 radical (unpaired) electrons. The summed E-state index contributed by atoms with van der Waals surface area (Å²) in [6, 6.07) is 7.37. The average Bonchev–Trinajstić information content (AvgIpc) is 2.64. The van der Waals surface area contributed by atoms with Crippen molar-refractivity contribution >= 4 is 5.97 Å². The fourth-order valence-corrected chi connectivity index (χ4v) is 1.94. The Morgan fingerprint density at radius 3 is 2.28 bits per heavy atom. The molecule has 0 saturated carbocycles. The summed E-state index contributed by atoms with van der Waals surface area (Å²) < 4.78 is 11.1. The van der Waals surface area contributed by atoms with Crippen LogP contribution in [0.5, 0.6) is 17.6 Å². The highest BCUT2D eigenvalue weighted by atomic mass is 16.5. The predicted octanol–water partition coefficient (Wildman–Crippen LogP) is 1.76. The molecule has 0 amide bonds. The first kappa shape index (κ1) is 24.3. The van der Waals surface area contributed by atoms with Gasteiger partial charge in [-0.3, -0.25) is 0 Å². The van der Waals surface area contributed by atoms with Crippen LogP contribution in [-0.2, 0) is 0 Å². The van der Waals surface area contributed by atoms with Crippen molar-refractivity contribution in [1.82, 2.24) is 19.8 Å². The molecule has 2 rings (SSSR count). The van der Waals surface area contributed by atoms with E-state index in [4.69, 9.17) is 14.6 Å². The fraction of sp³-hybridized carbons (Fsp3) is 0.450. The van der Waals surface area contributed by atoms with E-state index in [2.05, 4.69) is 9.97 Å². The van der Waals surface area contributed by atoms with Crippen LogP contribution in [0.1, 0.15) is 15.9 Å². The number of hydrogen-bond acceptors (Lipinski definition) is 8. The van der Waals surface area contributed by atoms with Gasteiger partial charge in [-0.05, 0) is 46.7 Å². The zero-order chi connectivity index (χ0) is 21.8. The molecule has 0 aliphatic rings. The van der Waals surface area contributed by atoms with Crippen molar-refractivity contribution in [2.24, 2.45) is 0 Å². The first-order valence-electron chi connectivity index (χ1n) is 9.11. The maximum atomic E-state index is 11.3. The number of aryl methyl sites for hydroxylation is 1. The summed E-state index contributed by atoms with van der Waals surface area (Å²) in [5.41, 5.74) is 0.755. The number of hydrogen-bond donors (Lipinski definition) is 2. The van der Waals surface area contributed by atoms with Crippen molar-refractivity contribution in [3.63, 3.8) is 0 Å². The van der Waals surface area contributed by atoms with Gasteiger partial charge in [0.05, 0.1) is 12.8 Å². The Bertz CT molecular complexity index is 768. The number of carboxylic acid groups (broad SMARTS) is 1. The molecule has 2 aromatic rings. The van der Waals surface area contributed by atoms with Crippen LogP contribution in [0.3, 0.4) is 0 Å². The van der Waals surface area contributed by atoms with Crippen molar-refractivity contribution < 1.29 is 24.5 Å². The third-order valence-corrected chi connectivity index (χ3v) is 3.58. The topological polar surface area (TPSA) is 108 Å². The molecule has 0 spiro atoms. The molecule has 0 saturated heterocycles. The Balaban J connectivity index is 0.000000612. The maximum absolute atomic E-state index is 11.3. The van der Waals surface area contributed by atoms with Crippen LogP contribution in [-0.4, -0.2) is 90.4 Å². The number of para-hydroxylation sites is 1. The molecule has 1 aromatic heterocycles. The minimum Gasteiger partial charge on any atom is -0.477 e. The number of nitrogens with zero attached hydrogens (tertiary/aromatic N) is 4. The van der Waals surface area contributed by atoms with Crippen LogP contribution in [0.4, 0.5) is 0 Å². The molecule has 0 unspecified atom stereocenters. The van der Waals surface area contributed by atoms with Gasteiger partial charge in [-0.1, -0.05) is 18.2 Å². The summed E-state index contributed by atoms with van der Waals surface area (Å²) in [7, 11) is 7.70. The number of ether oxygens (including phenoxy) is 2. The van der Waals surface area contributed by atoms with Gasteiger partial charge in [0.2, 0.25) is 5.88 Å². The number of benzene rings is 1. The molecule has 0 aliphatic carbocycles. The van der Waals surface area contributed by atoms with E-state index in [0.29, 0.717) is 18.9 Å². The lowest BCUT2D eigenvalue weighted by molar-refractivity contribution is 0.0692. The number of carboxylic acids is 1. The molecule has 1 aromatic carbocycles. The van der Waals surface area contributed by atoms with Gasteiger partial charge in [0.25, 0.3) is 0 Å². The fourth-order valence-electron chi connectivity index (χ4n) is 1.94. The number of likely N-dealkylation sites (N-methyl/N-ethyl adjacent to an activating group) is 2. The second-order valence-electron chi connectivity index (χ2n) is 6.72. The standard InChI is InChI=1S/C16H19N3O4.C4H11NO/c1-11-6-4-5-7-13(11)23-14-12(15(20)21)10-17-16(18-14)22-9-8-19(2)3;1-5(2)3-4-6/h4-7,10H,8-9H2,1-3H3,(H,20,21);6H,3-4H2,1-2H3. The molecule has 0 bridgehead atoms. The van der Waals surface area contributed by atoms with E-state index in [-0.39, 0.29) is 24.1 Å². The molecule has 0 fully saturated rings. The van der Waals surface area contributed by atoms with Gasteiger partial charge < -0.3 is 29.5 Å². The number of aromatic carboxylic acids is 1. The normalized spacial score (nSPS) is 10.5. The van der Waals surface area contributed by atoms with Gasteiger partial charge in [-0.25, -0.2) is 9.78 Å². The second-order valence-corrected chi connectivity index (χ2v) is 6.72. The van der Waals surface area contributed by atoms with E-state index < -0.39 is 5.97 Å². The molecule has 9 nitrogen and oxygen atoms in total. The third kappa shape index (κ3) is 9.33. The molecular weight excluding hydrogens is 376 g/mol. The number of carbonyl (C=O) groups is 1. The molecule has 0 aliphatic heterocycles. The second kappa shape index (κ2) is 12.7. The Labute approximate surface area is 171 Å². The summed E-state index contributed by atoms with van der Waals surface area (Å²) in [4.78, 5) is 23.2. The largest absolute Gasteiger partial charge is 0.477 e. The van der Waals surface area contributed by atoms with E-state index in [0.717, 1.165) is 12.1 Å². The first-order chi connectivity index (χ1) is 13.7. The number of aromatic nitrogens is 2. The van der Waals surface area contributed by atoms with Crippen molar-refractivity contribution in [3.05, 3.63) is 41.6 Å². The van der Waals surface area contributed by atoms with Crippen LogP contribution in [0.15, 0.2) is 30.5 Å². The lowest BCUT2D eigenvalue weighted by Crippen LogP contribution is -2.20. The summed E-state index contributed by atoms with van der Waals surface area (Å²) in [5, 5.41) is 17.4. The number of rotatable bonds is 9. The highest BCUT2D eigenvalue weighted by molar-refractivity contribution is 5.89. The Morgan fingerprint density at radius 2 is 1.76 bits per heavy atom. The number of aliphatic hydroxyl groups excluding tert-OH is 1. The molecule has 2 N–H and O–H groups in total. The predicted molar refractivity (Wildman–Crippen MR) is 110 cm³/mol. The van der Waals surface area contributed by atoms with Crippen molar-refractivity contribution in [3.8, 4) is 17.6 Å². The lowest BCUT2D eigenvalue weighted by Gasteiger charge is -2.12. The highest BCUT2D eigenvalue weighted by Gasteiger charge is 2.17. The van der Waals surface area contributed by atoms with Crippen molar-refractivity contribution in [2.75, 3.05) is 54.5 Å². The Kier molecular flexibility index (Phi) is 10.6. The SMILES string of the molecule is CN(C)CCO.Cc1ccccc1Oc1nc(OCCN(C)C)ncc1C(=O)O. The highest BCUT2D eigenvalue weighted by Crippen LogP contribution is 2.27. The summed E-state index contributed by atoms with van der Waals surface area (Å²) >= 11 is 0.